The minimum Gasteiger partial charge on any atom is -0.387 e. The minimum atomic E-state index is -4.53. The second-order valence-corrected chi connectivity index (χ2v) is 2.92. The van der Waals surface area contributed by atoms with Crippen LogP contribution in [0.15, 0.2) is 17.4 Å². The fourth-order valence-electron chi connectivity index (χ4n) is 1.04. The Morgan fingerprint density at radius 2 is 2.18 bits per heavy atom. The number of alkyl halides is 3. The molecule has 0 aliphatic heterocycles. The Balaban J connectivity index is 3.11. The van der Waals surface area contributed by atoms with Crippen LogP contribution in [0.25, 0.3) is 0 Å². The van der Waals surface area contributed by atoms with Gasteiger partial charge in [0.15, 0.2) is 5.82 Å². The Morgan fingerprint density at radius 1 is 1.47 bits per heavy atom. The molecule has 0 amide bonds. The van der Waals surface area contributed by atoms with Crippen molar-refractivity contribution in [3.8, 4) is 0 Å². The van der Waals surface area contributed by atoms with E-state index < -0.39 is 17.6 Å². The minimum absolute atomic E-state index is 0.249. The Bertz CT molecular complexity index is 427. The first-order valence-electron chi connectivity index (χ1n) is 4.52. The number of aromatic nitrogens is 1. The lowest BCUT2D eigenvalue weighted by atomic mass is 10.2. The van der Waals surface area contributed by atoms with Crippen LogP contribution in [0.1, 0.15) is 5.56 Å². The SMILES string of the molecule is CNc1cnc(N/N=C\C=N)c(C(F)(F)F)c1. The molecule has 1 rings (SSSR count). The number of hydrazone groups is 1. The summed E-state index contributed by atoms with van der Waals surface area (Å²) in [5.74, 6) is -0.408. The van der Waals surface area contributed by atoms with E-state index in [1.54, 1.807) is 0 Å². The number of rotatable bonds is 4. The highest BCUT2D eigenvalue weighted by Crippen LogP contribution is 2.35. The van der Waals surface area contributed by atoms with E-state index in [1.165, 1.54) is 13.2 Å². The van der Waals surface area contributed by atoms with Crippen LogP contribution in [-0.2, 0) is 6.18 Å². The number of nitrogens with zero attached hydrogens (tertiary/aromatic N) is 2. The molecule has 8 heteroatoms. The molecule has 0 aromatic carbocycles. The lowest BCUT2D eigenvalue weighted by molar-refractivity contribution is -0.137. The summed E-state index contributed by atoms with van der Waals surface area (Å²) < 4.78 is 38.0. The van der Waals surface area contributed by atoms with E-state index in [9.17, 15) is 13.2 Å². The summed E-state index contributed by atoms with van der Waals surface area (Å²) in [7, 11) is 1.50. The molecule has 0 saturated heterocycles. The number of hydrogen-bond donors (Lipinski definition) is 3. The van der Waals surface area contributed by atoms with Gasteiger partial charge in [0.1, 0.15) is 5.56 Å². The first-order valence-corrected chi connectivity index (χ1v) is 4.52. The maximum atomic E-state index is 12.7. The number of hydrogen-bond acceptors (Lipinski definition) is 5. The van der Waals surface area contributed by atoms with Crippen LogP contribution in [0.2, 0.25) is 0 Å². The summed E-state index contributed by atoms with van der Waals surface area (Å²) in [6, 6.07) is 0.926. The maximum absolute atomic E-state index is 12.7. The van der Waals surface area contributed by atoms with E-state index in [0.29, 0.717) is 0 Å². The van der Waals surface area contributed by atoms with Crippen molar-refractivity contribution in [3.05, 3.63) is 17.8 Å². The summed E-state index contributed by atoms with van der Waals surface area (Å²) >= 11 is 0. The fourth-order valence-corrected chi connectivity index (χ4v) is 1.04. The Morgan fingerprint density at radius 3 is 2.71 bits per heavy atom. The molecular formula is C9H10F3N5. The first kappa shape index (κ1) is 12.9. The quantitative estimate of drug-likeness (QED) is 0.562. The second kappa shape index (κ2) is 5.28. The molecule has 0 radical (unpaired) electrons. The third-order valence-corrected chi connectivity index (χ3v) is 1.80. The van der Waals surface area contributed by atoms with Gasteiger partial charge in [0.25, 0.3) is 0 Å². The molecule has 0 spiro atoms. The van der Waals surface area contributed by atoms with Crippen molar-refractivity contribution in [1.29, 1.82) is 5.41 Å². The summed E-state index contributed by atoms with van der Waals surface area (Å²) in [5.41, 5.74) is 1.46. The zero-order chi connectivity index (χ0) is 12.9. The van der Waals surface area contributed by atoms with Gasteiger partial charge in [-0.05, 0) is 6.07 Å². The van der Waals surface area contributed by atoms with Crippen molar-refractivity contribution >= 4 is 23.9 Å². The van der Waals surface area contributed by atoms with E-state index in [2.05, 4.69) is 20.8 Å². The van der Waals surface area contributed by atoms with E-state index >= 15 is 0 Å². The predicted octanol–water partition coefficient (Wildman–Crippen LogP) is 2.19. The van der Waals surface area contributed by atoms with E-state index in [0.717, 1.165) is 18.5 Å². The first-order chi connectivity index (χ1) is 7.99. The molecule has 1 heterocycles. The summed E-state index contributed by atoms with van der Waals surface area (Å²) in [4.78, 5) is 3.61. The zero-order valence-electron chi connectivity index (χ0n) is 8.84. The zero-order valence-corrected chi connectivity index (χ0v) is 8.84. The van der Waals surface area contributed by atoms with Gasteiger partial charge in [-0.15, -0.1) is 0 Å². The van der Waals surface area contributed by atoms with Crippen LogP contribution >= 0.6 is 0 Å². The van der Waals surface area contributed by atoms with Gasteiger partial charge in [-0.2, -0.15) is 18.3 Å². The predicted molar refractivity (Wildman–Crippen MR) is 59.7 cm³/mol. The summed E-state index contributed by atoms with van der Waals surface area (Å²) in [6.07, 6.45) is -1.43. The van der Waals surface area contributed by atoms with Crippen molar-refractivity contribution in [2.24, 2.45) is 5.10 Å². The van der Waals surface area contributed by atoms with E-state index in [-0.39, 0.29) is 5.69 Å². The van der Waals surface area contributed by atoms with Crippen LogP contribution in [0.4, 0.5) is 24.7 Å². The number of anilines is 2. The average Bonchev–Trinajstić information content (AvgIpc) is 2.28. The van der Waals surface area contributed by atoms with Gasteiger partial charge in [-0.3, -0.25) is 5.43 Å². The van der Waals surface area contributed by atoms with Gasteiger partial charge in [-0.25, -0.2) is 4.98 Å². The van der Waals surface area contributed by atoms with Gasteiger partial charge in [-0.1, -0.05) is 0 Å². The molecule has 0 fully saturated rings. The smallest absolute Gasteiger partial charge is 0.387 e. The lowest BCUT2D eigenvalue weighted by Crippen LogP contribution is -2.11. The molecule has 92 valence electrons. The monoisotopic (exact) mass is 245 g/mol. The van der Waals surface area contributed by atoms with Crippen LogP contribution in [0, 0.1) is 5.41 Å². The Hall–Kier alpha value is -2.12. The number of pyridine rings is 1. The third-order valence-electron chi connectivity index (χ3n) is 1.80. The highest BCUT2D eigenvalue weighted by molar-refractivity contribution is 6.14. The Kier molecular flexibility index (Phi) is 4.02. The molecule has 0 aliphatic rings. The normalized spacial score (nSPS) is 11.5. The van der Waals surface area contributed by atoms with Gasteiger partial charge >= 0.3 is 6.18 Å². The Labute approximate surface area is 95.3 Å². The highest BCUT2D eigenvalue weighted by Gasteiger charge is 2.34. The second-order valence-electron chi connectivity index (χ2n) is 2.92. The highest BCUT2D eigenvalue weighted by atomic mass is 19.4. The van der Waals surface area contributed by atoms with Crippen molar-refractivity contribution in [2.45, 2.75) is 6.18 Å². The fraction of sp³-hybridized carbons (Fsp3) is 0.222. The number of nitrogens with one attached hydrogen (secondary N) is 3. The molecule has 3 N–H and O–H groups in total. The van der Waals surface area contributed by atoms with Gasteiger partial charge in [0.05, 0.1) is 18.1 Å². The topological polar surface area (TPSA) is 73.2 Å². The molecule has 0 aliphatic carbocycles. The molecule has 0 unspecified atom stereocenters. The lowest BCUT2D eigenvalue weighted by Gasteiger charge is -2.12. The van der Waals surface area contributed by atoms with Crippen LogP contribution in [-0.4, -0.2) is 24.5 Å². The van der Waals surface area contributed by atoms with Crippen molar-refractivity contribution < 1.29 is 13.2 Å². The van der Waals surface area contributed by atoms with E-state index in [4.69, 9.17) is 5.41 Å². The molecular weight excluding hydrogens is 235 g/mol. The van der Waals surface area contributed by atoms with Crippen LogP contribution in [0.3, 0.4) is 0 Å². The van der Waals surface area contributed by atoms with Crippen molar-refractivity contribution in [2.75, 3.05) is 17.8 Å². The maximum Gasteiger partial charge on any atom is 0.420 e. The van der Waals surface area contributed by atoms with E-state index in [1.807, 2.05) is 0 Å². The molecule has 1 aromatic heterocycles. The molecule has 1 aromatic rings. The molecule has 0 atom stereocenters. The van der Waals surface area contributed by atoms with Crippen LogP contribution in [0.5, 0.6) is 0 Å². The number of halogens is 3. The average molecular weight is 245 g/mol. The van der Waals surface area contributed by atoms with Crippen LogP contribution < -0.4 is 10.7 Å². The van der Waals surface area contributed by atoms with Gasteiger partial charge in [0.2, 0.25) is 0 Å². The van der Waals surface area contributed by atoms with Gasteiger partial charge in [0, 0.05) is 13.3 Å². The molecule has 17 heavy (non-hydrogen) atoms. The molecule has 0 bridgehead atoms. The summed E-state index contributed by atoms with van der Waals surface area (Å²) in [5, 5.41) is 12.6. The summed E-state index contributed by atoms with van der Waals surface area (Å²) in [6.45, 7) is 0. The largest absolute Gasteiger partial charge is 0.420 e. The third kappa shape index (κ3) is 3.44. The standard InChI is InChI=1S/C9H10F3N5/c1-14-6-4-7(9(10,11)12)8(15-5-6)17-16-3-2-13/h2-5,13-14H,1H3,(H,15,17)/b13-2?,16-3-. The molecule has 0 saturated carbocycles. The van der Waals surface area contributed by atoms with Crippen molar-refractivity contribution in [1.82, 2.24) is 4.98 Å². The van der Waals surface area contributed by atoms with Gasteiger partial charge < -0.3 is 10.7 Å². The molecule has 5 nitrogen and oxygen atoms in total. The van der Waals surface area contributed by atoms with Crippen molar-refractivity contribution in [3.63, 3.8) is 0 Å².